The first-order chi connectivity index (χ1) is 16.4. The van der Waals surface area contributed by atoms with Crippen LogP contribution in [0.1, 0.15) is 48.0 Å². The highest BCUT2D eigenvalue weighted by atomic mass is 35.5. The summed E-state index contributed by atoms with van der Waals surface area (Å²) in [4.78, 5) is 31.6. The van der Waals surface area contributed by atoms with E-state index in [4.69, 9.17) is 33.7 Å². The van der Waals surface area contributed by atoms with Gasteiger partial charge in [0.2, 0.25) is 5.91 Å². The molecule has 2 aliphatic carbocycles. The predicted octanol–water partition coefficient (Wildman–Crippen LogP) is 4.32. The number of benzene rings is 1. The number of amides is 2. The number of nitrogen functional groups attached to an aromatic ring is 1. The Morgan fingerprint density at radius 2 is 1.91 bits per heavy atom. The molecule has 34 heavy (non-hydrogen) atoms. The van der Waals surface area contributed by atoms with Crippen molar-refractivity contribution in [2.75, 3.05) is 25.4 Å². The minimum Gasteiger partial charge on any atom is -0.485 e. The van der Waals surface area contributed by atoms with E-state index in [1.54, 1.807) is 24.3 Å². The molecule has 180 valence electrons. The molecule has 1 aromatic heterocycles. The van der Waals surface area contributed by atoms with Crippen molar-refractivity contribution < 1.29 is 14.3 Å². The molecular weight excluding hydrogens is 475 g/mol. The van der Waals surface area contributed by atoms with Crippen molar-refractivity contribution in [2.24, 2.45) is 17.3 Å². The van der Waals surface area contributed by atoms with Crippen LogP contribution in [0.25, 0.3) is 0 Å². The maximum atomic E-state index is 13.1. The van der Waals surface area contributed by atoms with Gasteiger partial charge in [-0.15, -0.1) is 0 Å². The molecule has 1 aromatic carbocycles. The summed E-state index contributed by atoms with van der Waals surface area (Å²) in [6.45, 7) is 2.17. The van der Waals surface area contributed by atoms with Crippen molar-refractivity contribution in [3.63, 3.8) is 0 Å². The number of halogens is 2. The first-order valence-electron chi connectivity index (χ1n) is 11.7. The van der Waals surface area contributed by atoms with E-state index in [2.05, 4.69) is 10.3 Å². The number of ether oxygens (including phenoxy) is 1. The summed E-state index contributed by atoms with van der Waals surface area (Å²) < 4.78 is 5.82. The highest BCUT2D eigenvalue weighted by molar-refractivity contribution is 6.35. The van der Waals surface area contributed by atoms with E-state index in [1.165, 1.54) is 19.0 Å². The zero-order chi connectivity index (χ0) is 23.9. The van der Waals surface area contributed by atoms with E-state index in [9.17, 15) is 9.59 Å². The molecule has 3 aliphatic rings. The van der Waals surface area contributed by atoms with Crippen LogP contribution in [0.3, 0.4) is 0 Å². The smallest absolute Gasteiger partial charge is 0.255 e. The molecule has 0 radical (unpaired) electrons. The minimum absolute atomic E-state index is 0.0618. The van der Waals surface area contributed by atoms with Crippen LogP contribution in [-0.2, 0) is 11.4 Å². The third-order valence-corrected chi connectivity index (χ3v) is 8.09. The van der Waals surface area contributed by atoms with E-state index in [0.29, 0.717) is 45.9 Å². The molecule has 5 rings (SSSR count). The normalized spacial score (nSPS) is 20.8. The first kappa shape index (κ1) is 23.2. The van der Waals surface area contributed by atoms with Gasteiger partial charge in [-0.05, 0) is 61.6 Å². The van der Waals surface area contributed by atoms with Gasteiger partial charge in [0.25, 0.3) is 5.91 Å². The summed E-state index contributed by atoms with van der Waals surface area (Å²) in [7, 11) is 0. The topological polar surface area (TPSA) is 97.5 Å². The van der Waals surface area contributed by atoms with Crippen molar-refractivity contribution >= 4 is 40.8 Å². The van der Waals surface area contributed by atoms with E-state index in [0.717, 1.165) is 25.8 Å². The molecule has 9 heteroatoms. The maximum Gasteiger partial charge on any atom is 0.255 e. The number of carbonyl (C=O) groups excluding carboxylic acids is 2. The summed E-state index contributed by atoms with van der Waals surface area (Å²) in [5, 5.41) is 4.10. The Bertz CT molecular complexity index is 1090. The van der Waals surface area contributed by atoms with Crippen molar-refractivity contribution in [2.45, 2.75) is 38.7 Å². The Labute approximate surface area is 208 Å². The van der Waals surface area contributed by atoms with E-state index in [1.807, 2.05) is 4.90 Å². The van der Waals surface area contributed by atoms with Crippen LogP contribution in [0.4, 0.5) is 5.82 Å². The fraction of sp³-hybridized carbons (Fsp3) is 0.480. The van der Waals surface area contributed by atoms with Crippen LogP contribution in [0, 0.1) is 17.3 Å². The quantitative estimate of drug-likeness (QED) is 0.587. The van der Waals surface area contributed by atoms with Gasteiger partial charge in [0.1, 0.15) is 6.61 Å². The number of nitrogens with zero attached hydrogens (tertiary/aromatic N) is 2. The molecule has 1 unspecified atom stereocenters. The molecular formula is C25H28Cl2N4O3. The number of pyridine rings is 1. The highest BCUT2D eigenvalue weighted by Crippen LogP contribution is 2.59. The minimum atomic E-state index is -0.113. The van der Waals surface area contributed by atoms with Gasteiger partial charge in [-0.25, -0.2) is 4.98 Å². The predicted molar refractivity (Wildman–Crippen MR) is 131 cm³/mol. The zero-order valence-corrected chi connectivity index (χ0v) is 20.4. The molecule has 1 atom stereocenters. The molecule has 0 bridgehead atoms. The van der Waals surface area contributed by atoms with Crippen molar-refractivity contribution in [1.82, 2.24) is 15.2 Å². The maximum absolute atomic E-state index is 13.1. The number of hydrogen-bond donors (Lipinski definition) is 2. The van der Waals surface area contributed by atoms with Crippen LogP contribution < -0.4 is 15.8 Å². The molecule has 1 spiro atoms. The Balaban J connectivity index is 1.18. The molecule has 1 aliphatic heterocycles. The molecule has 2 saturated carbocycles. The third-order valence-electron chi connectivity index (χ3n) is 7.38. The lowest BCUT2D eigenvalue weighted by Crippen LogP contribution is -2.40. The van der Waals surface area contributed by atoms with Crippen molar-refractivity contribution in [1.29, 1.82) is 0 Å². The van der Waals surface area contributed by atoms with Crippen molar-refractivity contribution in [3.05, 3.63) is 51.6 Å². The van der Waals surface area contributed by atoms with Gasteiger partial charge >= 0.3 is 0 Å². The SMILES string of the molecule is Nc1ncc(C(=O)N2CCC3(CC2)CC3C(=O)NCC2CC2)cc1OCc1c(Cl)cccc1Cl. The van der Waals surface area contributed by atoms with Crippen LogP contribution >= 0.6 is 23.2 Å². The fourth-order valence-corrected chi connectivity index (χ4v) is 5.31. The van der Waals surface area contributed by atoms with Gasteiger partial charge < -0.3 is 20.7 Å². The second-order valence-corrected chi connectivity index (χ2v) is 10.5. The number of nitrogens with two attached hydrogens (primary N) is 1. The van der Waals surface area contributed by atoms with Gasteiger partial charge in [-0.1, -0.05) is 29.3 Å². The Morgan fingerprint density at radius 1 is 1.21 bits per heavy atom. The highest BCUT2D eigenvalue weighted by Gasteiger charge is 2.58. The monoisotopic (exact) mass is 502 g/mol. The van der Waals surface area contributed by atoms with Gasteiger partial charge in [0, 0.05) is 47.4 Å². The van der Waals surface area contributed by atoms with Crippen LogP contribution in [0.5, 0.6) is 5.75 Å². The Kier molecular flexibility index (Phi) is 6.34. The lowest BCUT2D eigenvalue weighted by atomic mass is 9.90. The zero-order valence-electron chi connectivity index (χ0n) is 18.9. The lowest BCUT2D eigenvalue weighted by Gasteiger charge is -2.33. The number of aromatic nitrogens is 1. The number of anilines is 1. The number of rotatable bonds is 7. The van der Waals surface area contributed by atoms with E-state index in [-0.39, 0.29) is 35.6 Å². The standard InChI is InChI=1S/C25H28Cl2N4O3/c26-19-2-1-3-20(27)17(19)14-34-21-10-16(13-29-22(21)28)24(33)31-8-6-25(7-9-31)11-18(25)23(32)30-12-15-4-5-15/h1-3,10,13,15,18H,4-9,11-12,14H2,(H2,28,29)(H,30,32). The largest absolute Gasteiger partial charge is 0.485 e. The Morgan fingerprint density at radius 3 is 2.59 bits per heavy atom. The summed E-state index contributed by atoms with van der Waals surface area (Å²) >= 11 is 12.4. The average Bonchev–Trinajstić information content (AvgIpc) is 3.76. The van der Waals surface area contributed by atoms with E-state index < -0.39 is 0 Å². The number of hydrogen-bond acceptors (Lipinski definition) is 5. The number of nitrogens with one attached hydrogen (secondary N) is 1. The van der Waals surface area contributed by atoms with Crippen molar-refractivity contribution in [3.8, 4) is 5.75 Å². The summed E-state index contributed by atoms with van der Waals surface area (Å²) in [6, 6.07) is 6.84. The molecule has 3 N–H and O–H groups in total. The second kappa shape index (κ2) is 9.27. The van der Waals surface area contributed by atoms with Crippen LogP contribution in [0.2, 0.25) is 10.0 Å². The van der Waals surface area contributed by atoms with E-state index >= 15 is 0 Å². The summed E-state index contributed by atoms with van der Waals surface area (Å²) in [5.74, 6) is 1.36. The summed E-state index contributed by atoms with van der Waals surface area (Å²) in [5.41, 5.74) is 7.10. The lowest BCUT2D eigenvalue weighted by molar-refractivity contribution is -0.123. The van der Waals surface area contributed by atoms with Crippen LogP contribution in [-0.4, -0.2) is 41.3 Å². The number of carbonyl (C=O) groups is 2. The second-order valence-electron chi connectivity index (χ2n) is 9.70. The summed E-state index contributed by atoms with van der Waals surface area (Å²) in [6.07, 6.45) is 6.55. The third kappa shape index (κ3) is 4.82. The number of likely N-dealkylation sites (tertiary alicyclic amines) is 1. The molecule has 1 saturated heterocycles. The Hall–Kier alpha value is -2.51. The van der Waals surface area contributed by atoms with Gasteiger partial charge in [-0.3, -0.25) is 9.59 Å². The van der Waals surface area contributed by atoms with Gasteiger partial charge in [-0.2, -0.15) is 0 Å². The molecule has 2 heterocycles. The van der Waals surface area contributed by atoms with Gasteiger partial charge in [0.15, 0.2) is 11.6 Å². The molecule has 7 nitrogen and oxygen atoms in total. The fourth-order valence-electron chi connectivity index (χ4n) is 4.81. The molecule has 3 fully saturated rings. The van der Waals surface area contributed by atoms with Gasteiger partial charge in [0.05, 0.1) is 5.56 Å². The first-order valence-corrected chi connectivity index (χ1v) is 12.5. The molecule has 2 aromatic rings. The number of piperidine rings is 1. The average molecular weight is 503 g/mol. The molecule has 2 amide bonds. The van der Waals surface area contributed by atoms with Crippen LogP contribution in [0.15, 0.2) is 30.5 Å².